The van der Waals surface area contributed by atoms with E-state index in [2.05, 4.69) is 24.8 Å². The number of benzene rings is 2. The van der Waals surface area contributed by atoms with E-state index in [0.717, 1.165) is 30.6 Å². The summed E-state index contributed by atoms with van der Waals surface area (Å²) < 4.78 is 6.08. The van der Waals surface area contributed by atoms with Crippen molar-refractivity contribution < 1.29 is 9.53 Å². The minimum absolute atomic E-state index is 0.0616. The van der Waals surface area contributed by atoms with Crippen molar-refractivity contribution in [3.8, 4) is 11.8 Å². The zero-order chi connectivity index (χ0) is 21.8. The van der Waals surface area contributed by atoms with E-state index in [1.165, 1.54) is 19.3 Å². The standard InChI is InChI=1S/C26H31N3O2/c1-19-9-7-10-20(2)28(19)15-5-6-16-29-23-13-3-4-14-24(23)31-25(26(29)30)22-12-8-11-21(17-22)18-27/h3-4,8,11-14,17,19-20,25H,5-7,9-10,15-16H2,1-2H3/t19-,20+,25?. The monoisotopic (exact) mass is 417 g/mol. The molecule has 0 spiro atoms. The smallest absolute Gasteiger partial charge is 0.272 e. The third kappa shape index (κ3) is 4.60. The number of nitriles is 1. The highest BCUT2D eigenvalue weighted by atomic mass is 16.5. The first-order valence-corrected chi connectivity index (χ1v) is 11.4. The van der Waals surface area contributed by atoms with E-state index in [1.807, 2.05) is 35.2 Å². The van der Waals surface area contributed by atoms with Gasteiger partial charge in [0, 0.05) is 24.2 Å². The van der Waals surface area contributed by atoms with Gasteiger partial charge in [0.05, 0.1) is 17.3 Å². The maximum atomic E-state index is 13.4. The highest BCUT2D eigenvalue weighted by Crippen LogP contribution is 2.39. The number of hydrogen-bond acceptors (Lipinski definition) is 4. The van der Waals surface area contributed by atoms with Gasteiger partial charge in [-0.05, 0) is 70.3 Å². The van der Waals surface area contributed by atoms with Crippen molar-refractivity contribution in [1.29, 1.82) is 5.26 Å². The van der Waals surface area contributed by atoms with Crippen LogP contribution < -0.4 is 9.64 Å². The van der Waals surface area contributed by atoms with Crippen LogP contribution in [-0.2, 0) is 4.79 Å². The zero-order valence-electron chi connectivity index (χ0n) is 18.5. The number of anilines is 1. The molecule has 0 N–H and O–H groups in total. The molecule has 0 radical (unpaired) electrons. The lowest BCUT2D eigenvalue weighted by Gasteiger charge is -2.39. The summed E-state index contributed by atoms with van der Waals surface area (Å²) in [5.41, 5.74) is 2.09. The molecule has 162 valence electrons. The Balaban J connectivity index is 1.46. The van der Waals surface area contributed by atoms with E-state index < -0.39 is 6.10 Å². The molecule has 2 heterocycles. The van der Waals surface area contributed by atoms with E-state index in [4.69, 9.17) is 4.74 Å². The van der Waals surface area contributed by atoms with Gasteiger partial charge in [0.2, 0.25) is 6.10 Å². The van der Waals surface area contributed by atoms with Crippen molar-refractivity contribution in [2.45, 2.75) is 64.1 Å². The number of carbonyl (C=O) groups excluding carboxylic acids is 1. The summed E-state index contributed by atoms with van der Waals surface area (Å²) in [4.78, 5) is 17.9. The number of fused-ring (bicyclic) bond motifs is 1. The van der Waals surface area contributed by atoms with Crippen LogP contribution in [0.2, 0.25) is 0 Å². The van der Waals surface area contributed by atoms with Crippen molar-refractivity contribution in [3.63, 3.8) is 0 Å². The summed E-state index contributed by atoms with van der Waals surface area (Å²) >= 11 is 0. The third-order valence-corrected chi connectivity index (χ3v) is 6.63. The number of carbonyl (C=O) groups is 1. The lowest BCUT2D eigenvalue weighted by atomic mass is 9.97. The third-order valence-electron chi connectivity index (χ3n) is 6.63. The fourth-order valence-electron chi connectivity index (χ4n) is 4.91. The molecule has 1 unspecified atom stereocenters. The number of rotatable bonds is 6. The van der Waals surface area contributed by atoms with Crippen LogP contribution in [-0.4, -0.2) is 36.0 Å². The second-order valence-electron chi connectivity index (χ2n) is 8.77. The summed E-state index contributed by atoms with van der Waals surface area (Å²) in [6.07, 6.45) is 5.18. The van der Waals surface area contributed by atoms with E-state index in [9.17, 15) is 10.1 Å². The quantitative estimate of drug-likeness (QED) is 0.616. The van der Waals surface area contributed by atoms with Crippen LogP contribution in [0.25, 0.3) is 0 Å². The average Bonchev–Trinajstić information content (AvgIpc) is 2.79. The number of amides is 1. The van der Waals surface area contributed by atoms with Crippen LogP contribution in [0.15, 0.2) is 48.5 Å². The Morgan fingerprint density at radius 1 is 1.03 bits per heavy atom. The highest BCUT2D eigenvalue weighted by Gasteiger charge is 2.35. The molecule has 2 aromatic carbocycles. The largest absolute Gasteiger partial charge is 0.474 e. The Morgan fingerprint density at radius 3 is 2.55 bits per heavy atom. The number of hydrogen-bond donors (Lipinski definition) is 0. The predicted molar refractivity (Wildman–Crippen MR) is 122 cm³/mol. The molecule has 31 heavy (non-hydrogen) atoms. The molecule has 1 fully saturated rings. The second kappa shape index (κ2) is 9.53. The molecule has 1 saturated heterocycles. The Morgan fingerprint density at radius 2 is 1.77 bits per heavy atom. The van der Waals surface area contributed by atoms with Gasteiger partial charge in [0.15, 0.2) is 0 Å². The van der Waals surface area contributed by atoms with Gasteiger partial charge in [0.1, 0.15) is 5.75 Å². The number of piperidine rings is 1. The molecular weight excluding hydrogens is 386 g/mol. The van der Waals surface area contributed by atoms with Crippen molar-refractivity contribution in [1.82, 2.24) is 4.90 Å². The van der Waals surface area contributed by atoms with E-state index in [0.29, 0.717) is 29.9 Å². The predicted octanol–water partition coefficient (Wildman–Crippen LogP) is 5.07. The molecule has 3 atom stereocenters. The number of ether oxygens (including phenoxy) is 1. The fraction of sp³-hybridized carbons (Fsp3) is 0.462. The number of likely N-dealkylation sites (tertiary alicyclic amines) is 1. The second-order valence-corrected chi connectivity index (χ2v) is 8.77. The van der Waals surface area contributed by atoms with Crippen LogP contribution >= 0.6 is 0 Å². The number of para-hydroxylation sites is 2. The topological polar surface area (TPSA) is 56.6 Å². The Labute approximate surface area is 185 Å². The SMILES string of the molecule is C[C@@H]1CCC[C@H](C)N1CCCCN1C(=O)C(c2cccc(C#N)c2)Oc2ccccc21. The Hall–Kier alpha value is -2.84. The van der Waals surface area contributed by atoms with Crippen molar-refractivity contribution in [2.24, 2.45) is 0 Å². The summed E-state index contributed by atoms with van der Waals surface area (Å²) in [6.45, 7) is 6.41. The summed E-state index contributed by atoms with van der Waals surface area (Å²) in [6, 6.07) is 18.3. The first-order valence-electron chi connectivity index (χ1n) is 11.4. The molecule has 0 bridgehead atoms. The van der Waals surface area contributed by atoms with Gasteiger partial charge in [0.25, 0.3) is 5.91 Å². The van der Waals surface area contributed by atoms with Crippen molar-refractivity contribution in [3.05, 3.63) is 59.7 Å². The van der Waals surface area contributed by atoms with Crippen LogP contribution in [0.5, 0.6) is 5.75 Å². The molecule has 2 aliphatic heterocycles. The molecule has 5 heteroatoms. The minimum Gasteiger partial charge on any atom is -0.474 e. The zero-order valence-corrected chi connectivity index (χ0v) is 18.5. The van der Waals surface area contributed by atoms with Crippen LogP contribution in [0.1, 0.15) is 63.2 Å². The minimum atomic E-state index is -0.717. The summed E-state index contributed by atoms with van der Waals surface area (Å²) in [5.74, 6) is 0.654. The first-order chi connectivity index (χ1) is 15.1. The van der Waals surface area contributed by atoms with Gasteiger partial charge in [-0.25, -0.2) is 0 Å². The van der Waals surface area contributed by atoms with Gasteiger partial charge in [-0.3, -0.25) is 9.69 Å². The highest BCUT2D eigenvalue weighted by molar-refractivity contribution is 6.00. The summed E-state index contributed by atoms with van der Waals surface area (Å²) in [7, 11) is 0. The van der Waals surface area contributed by atoms with Gasteiger partial charge in [-0.1, -0.05) is 30.7 Å². The first kappa shape index (κ1) is 21.4. The van der Waals surface area contributed by atoms with Gasteiger partial charge >= 0.3 is 0 Å². The van der Waals surface area contributed by atoms with Crippen LogP contribution in [0, 0.1) is 11.3 Å². The van der Waals surface area contributed by atoms with Gasteiger partial charge in [-0.15, -0.1) is 0 Å². The number of nitrogens with zero attached hydrogens (tertiary/aromatic N) is 3. The maximum absolute atomic E-state index is 13.4. The van der Waals surface area contributed by atoms with Crippen molar-refractivity contribution in [2.75, 3.05) is 18.0 Å². The maximum Gasteiger partial charge on any atom is 0.272 e. The van der Waals surface area contributed by atoms with Gasteiger partial charge < -0.3 is 9.64 Å². The van der Waals surface area contributed by atoms with Gasteiger partial charge in [-0.2, -0.15) is 5.26 Å². The fourth-order valence-corrected chi connectivity index (χ4v) is 4.91. The Bertz CT molecular complexity index is 957. The van der Waals surface area contributed by atoms with Crippen LogP contribution in [0.3, 0.4) is 0 Å². The van der Waals surface area contributed by atoms with Crippen molar-refractivity contribution >= 4 is 11.6 Å². The molecular formula is C26H31N3O2. The molecule has 0 saturated carbocycles. The number of unbranched alkanes of at least 4 members (excludes halogenated alkanes) is 1. The van der Waals surface area contributed by atoms with E-state index >= 15 is 0 Å². The van der Waals surface area contributed by atoms with E-state index in [1.54, 1.807) is 18.2 Å². The molecule has 0 aliphatic carbocycles. The molecule has 4 rings (SSSR count). The molecule has 1 amide bonds. The summed E-state index contributed by atoms with van der Waals surface area (Å²) in [5, 5.41) is 9.23. The molecule has 2 aliphatic rings. The van der Waals surface area contributed by atoms with E-state index in [-0.39, 0.29) is 5.91 Å². The molecule has 5 nitrogen and oxygen atoms in total. The average molecular weight is 418 g/mol. The molecule has 2 aromatic rings. The Kier molecular flexibility index (Phi) is 6.58. The lowest BCUT2D eigenvalue weighted by Crippen LogP contribution is -2.44. The molecule has 0 aromatic heterocycles. The lowest BCUT2D eigenvalue weighted by molar-refractivity contribution is -0.126. The van der Waals surface area contributed by atoms with Crippen LogP contribution in [0.4, 0.5) is 5.69 Å². The normalized spacial score (nSPS) is 23.7.